The van der Waals surface area contributed by atoms with E-state index in [9.17, 15) is 4.79 Å². The summed E-state index contributed by atoms with van der Waals surface area (Å²) in [5.41, 5.74) is -0.453. The Morgan fingerprint density at radius 3 is 2.26 bits per heavy atom. The third kappa shape index (κ3) is 6.80. The van der Waals surface area contributed by atoms with Crippen molar-refractivity contribution >= 4 is 13.2 Å². The largest absolute Gasteiger partial charge is 0.451 e. The predicted octanol–water partition coefficient (Wildman–Crippen LogP) is 0.402. The molecule has 0 atom stereocenters. The molecular weight excluding hydrogens is 247 g/mol. The Morgan fingerprint density at radius 1 is 1.21 bits per heavy atom. The third-order valence-corrected chi connectivity index (χ3v) is 2.96. The van der Waals surface area contributed by atoms with Crippen molar-refractivity contribution in [2.75, 3.05) is 32.7 Å². The second-order valence-corrected chi connectivity index (χ2v) is 5.93. The van der Waals surface area contributed by atoms with Gasteiger partial charge in [0, 0.05) is 26.2 Å². The lowest BCUT2D eigenvalue weighted by Gasteiger charge is -2.35. The zero-order valence-electron chi connectivity index (χ0n) is 12.1. The van der Waals surface area contributed by atoms with Gasteiger partial charge in [0.1, 0.15) is 5.60 Å². The molecule has 0 saturated carbocycles. The van der Waals surface area contributed by atoms with E-state index in [1.807, 2.05) is 20.8 Å². The van der Waals surface area contributed by atoms with E-state index in [4.69, 9.17) is 14.8 Å². The molecule has 6 nitrogen and oxygen atoms in total. The molecule has 1 heterocycles. The maximum absolute atomic E-state index is 11.8. The van der Waals surface area contributed by atoms with Crippen LogP contribution in [-0.4, -0.2) is 71.4 Å². The van der Waals surface area contributed by atoms with Gasteiger partial charge in [0.2, 0.25) is 0 Å². The van der Waals surface area contributed by atoms with Gasteiger partial charge in [0.15, 0.2) is 0 Å². The van der Waals surface area contributed by atoms with Gasteiger partial charge in [0.25, 0.3) is 0 Å². The maximum atomic E-state index is 11.8. The van der Waals surface area contributed by atoms with Gasteiger partial charge in [-0.15, -0.1) is 0 Å². The summed E-state index contributed by atoms with van der Waals surface area (Å²) in [5.74, 6) is 0. The quantitative estimate of drug-likeness (QED) is 0.725. The molecule has 1 aliphatic rings. The van der Waals surface area contributed by atoms with Crippen molar-refractivity contribution in [2.24, 2.45) is 0 Å². The second kappa shape index (κ2) is 7.12. The normalized spacial score (nSPS) is 17.4. The highest BCUT2D eigenvalue weighted by Crippen LogP contribution is 2.12. The topological polar surface area (TPSA) is 73.2 Å². The highest BCUT2D eigenvalue weighted by atomic mass is 16.6. The summed E-state index contributed by atoms with van der Waals surface area (Å²) in [4.78, 5) is 15.8. The summed E-state index contributed by atoms with van der Waals surface area (Å²) in [6.45, 7) is 9.36. The first kappa shape index (κ1) is 16.3. The minimum absolute atomic E-state index is 0.252. The first-order chi connectivity index (χ1) is 8.78. The SMILES string of the molecule is CC(C)(C)OC(=O)N1CCN(CCCB(O)O)CC1. The first-order valence-corrected chi connectivity index (χ1v) is 6.84. The van der Waals surface area contributed by atoms with Gasteiger partial charge in [-0.1, -0.05) is 0 Å². The van der Waals surface area contributed by atoms with Gasteiger partial charge in [-0.05, 0) is 40.1 Å². The molecule has 0 aromatic rings. The van der Waals surface area contributed by atoms with Crippen molar-refractivity contribution in [3.8, 4) is 0 Å². The van der Waals surface area contributed by atoms with Crippen LogP contribution in [-0.2, 0) is 4.74 Å². The number of ether oxygens (including phenoxy) is 1. The van der Waals surface area contributed by atoms with Crippen LogP contribution in [0.5, 0.6) is 0 Å². The van der Waals surface area contributed by atoms with Crippen LogP contribution in [0, 0.1) is 0 Å². The zero-order valence-corrected chi connectivity index (χ0v) is 12.1. The third-order valence-electron chi connectivity index (χ3n) is 2.96. The Balaban J connectivity index is 2.23. The van der Waals surface area contributed by atoms with Gasteiger partial charge in [-0.25, -0.2) is 4.79 Å². The molecule has 2 N–H and O–H groups in total. The summed E-state index contributed by atoms with van der Waals surface area (Å²) in [7, 11) is -1.22. The lowest BCUT2D eigenvalue weighted by Crippen LogP contribution is -2.50. The highest BCUT2D eigenvalue weighted by molar-refractivity contribution is 6.40. The molecule has 0 aromatic carbocycles. The molecule has 1 amide bonds. The van der Waals surface area contributed by atoms with Crippen LogP contribution in [0.15, 0.2) is 0 Å². The molecule has 0 aromatic heterocycles. The van der Waals surface area contributed by atoms with E-state index in [2.05, 4.69) is 4.90 Å². The van der Waals surface area contributed by atoms with Crippen LogP contribution in [0.4, 0.5) is 4.79 Å². The van der Waals surface area contributed by atoms with Crippen molar-refractivity contribution < 1.29 is 19.6 Å². The average Bonchev–Trinajstić information content (AvgIpc) is 2.27. The first-order valence-electron chi connectivity index (χ1n) is 6.84. The summed E-state index contributed by atoms with van der Waals surface area (Å²) in [6.07, 6.45) is 0.897. The van der Waals surface area contributed by atoms with Crippen LogP contribution in [0.3, 0.4) is 0 Å². The lowest BCUT2D eigenvalue weighted by molar-refractivity contribution is 0.0145. The molecule has 0 spiro atoms. The fraction of sp³-hybridized carbons (Fsp3) is 0.917. The summed E-state index contributed by atoms with van der Waals surface area (Å²) in [6, 6.07) is 0. The van der Waals surface area contributed by atoms with E-state index in [1.54, 1.807) is 4.90 Å². The summed E-state index contributed by atoms with van der Waals surface area (Å²) >= 11 is 0. The average molecular weight is 272 g/mol. The maximum Gasteiger partial charge on any atom is 0.451 e. The molecule has 1 saturated heterocycles. The molecule has 0 unspecified atom stereocenters. The number of hydrogen-bond donors (Lipinski definition) is 2. The Labute approximate surface area is 115 Å². The molecule has 1 aliphatic heterocycles. The van der Waals surface area contributed by atoms with Gasteiger partial charge >= 0.3 is 13.2 Å². The van der Waals surface area contributed by atoms with E-state index in [-0.39, 0.29) is 6.09 Å². The Kier molecular flexibility index (Phi) is 6.10. The van der Waals surface area contributed by atoms with E-state index in [0.717, 1.165) is 26.1 Å². The molecule has 0 radical (unpaired) electrons. The zero-order chi connectivity index (χ0) is 14.5. The molecule has 19 heavy (non-hydrogen) atoms. The molecule has 0 aliphatic carbocycles. The van der Waals surface area contributed by atoms with Crippen LogP contribution >= 0.6 is 0 Å². The number of carbonyl (C=O) groups excluding carboxylic acids is 1. The fourth-order valence-electron chi connectivity index (χ4n) is 1.98. The molecule has 1 fully saturated rings. The monoisotopic (exact) mass is 272 g/mol. The summed E-state index contributed by atoms with van der Waals surface area (Å²) < 4.78 is 5.33. The van der Waals surface area contributed by atoms with Crippen molar-refractivity contribution in [1.29, 1.82) is 0 Å². The fourth-order valence-corrected chi connectivity index (χ4v) is 1.98. The lowest BCUT2D eigenvalue weighted by atomic mass is 9.84. The Morgan fingerprint density at radius 2 is 1.79 bits per heavy atom. The van der Waals surface area contributed by atoms with E-state index in [0.29, 0.717) is 19.4 Å². The van der Waals surface area contributed by atoms with Crippen molar-refractivity contribution in [2.45, 2.75) is 39.1 Å². The number of carbonyl (C=O) groups is 1. The van der Waals surface area contributed by atoms with E-state index < -0.39 is 12.7 Å². The summed E-state index contributed by atoms with van der Waals surface area (Å²) in [5, 5.41) is 17.5. The van der Waals surface area contributed by atoms with Crippen molar-refractivity contribution in [1.82, 2.24) is 9.80 Å². The van der Waals surface area contributed by atoms with Crippen molar-refractivity contribution in [3.63, 3.8) is 0 Å². The molecule has 7 heteroatoms. The van der Waals surface area contributed by atoms with E-state index in [1.165, 1.54) is 0 Å². The Hall–Kier alpha value is -0.785. The molecule has 0 bridgehead atoms. The predicted molar refractivity (Wildman–Crippen MR) is 73.9 cm³/mol. The number of hydrogen-bond acceptors (Lipinski definition) is 5. The molecular formula is C12H25BN2O4. The highest BCUT2D eigenvalue weighted by Gasteiger charge is 2.25. The van der Waals surface area contributed by atoms with Crippen molar-refractivity contribution in [3.05, 3.63) is 0 Å². The smallest absolute Gasteiger partial charge is 0.444 e. The number of rotatable bonds is 4. The minimum atomic E-state index is -1.22. The standard InChI is InChI=1S/C12H25BN2O4/c1-12(2,3)19-11(16)15-9-7-14(8-10-15)6-4-5-13(17)18/h17-18H,4-10H2,1-3H3. The van der Waals surface area contributed by atoms with Crippen LogP contribution in [0.1, 0.15) is 27.2 Å². The number of nitrogens with zero attached hydrogens (tertiary/aromatic N) is 2. The van der Waals surface area contributed by atoms with Crippen LogP contribution in [0.25, 0.3) is 0 Å². The Bertz CT molecular complexity index is 286. The molecule has 1 rings (SSSR count). The van der Waals surface area contributed by atoms with Gasteiger partial charge in [-0.3, -0.25) is 4.90 Å². The van der Waals surface area contributed by atoms with Gasteiger partial charge < -0.3 is 19.7 Å². The minimum Gasteiger partial charge on any atom is -0.444 e. The van der Waals surface area contributed by atoms with Crippen LogP contribution < -0.4 is 0 Å². The molecule has 110 valence electrons. The number of amides is 1. The number of piperazine rings is 1. The second-order valence-electron chi connectivity index (χ2n) is 5.93. The van der Waals surface area contributed by atoms with Gasteiger partial charge in [0.05, 0.1) is 0 Å². The van der Waals surface area contributed by atoms with Crippen LogP contribution in [0.2, 0.25) is 6.32 Å². The van der Waals surface area contributed by atoms with Gasteiger partial charge in [-0.2, -0.15) is 0 Å². The van der Waals surface area contributed by atoms with E-state index >= 15 is 0 Å².